The highest BCUT2D eigenvalue weighted by Gasteiger charge is 2.12. The number of benzene rings is 3. The number of amides is 1. The molecule has 33 heavy (non-hydrogen) atoms. The van der Waals surface area contributed by atoms with E-state index in [1.165, 1.54) is 0 Å². The molecule has 0 aromatic heterocycles. The summed E-state index contributed by atoms with van der Waals surface area (Å²) in [5.41, 5.74) is 3.29. The fraction of sp³-hybridized carbons (Fsp3) is 0.286. The lowest BCUT2D eigenvalue weighted by Gasteiger charge is -2.19. The number of ketones is 1. The van der Waals surface area contributed by atoms with Crippen LogP contribution in [0.25, 0.3) is 11.1 Å². The molecule has 0 fully saturated rings. The number of likely N-dealkylation sites (N-methyl/N-ethyl adjacent to an activating group) is 1. The minimum Gasteiger partial charge on any atom is -0.492 e. The van der Waals surface area contributed by atoms with E-state index in [-0.39, 0.29) is 18.1 Å². The van der Waals surface area contributed by atoms with E-state index in [2.05, 4.69) is 24.1 Å². The highest BCUT2D eigenvalue weighted by atomic mass is 16.5. The Labute approximate surface area is 196 Å². The Morgan fingerprint density at radius 3 is 2.12 bits per heavy atom. The fourth-order valence-corrected chi connectivity index (χ4v) is 3.60. The minimum atomic E-state index is -0.334. The van der Waals surface area contributed by atoms with Crippen molar-refractivity contribution in [1.82, 2.24) is 4.90 Å². The number of ether oxygens (including phenoxy) is 1. The number of carbonyl (C=O) groups is 2. The van der Waals surface area contributed by atoms with Crippen LogP contribution in [0, 0.1) is 0 Å². The number of hydrogen-bond acceptors (Lipinski definition) is 4. The van der Waals surface area contributed by atoms with Crippen LogP contribution in [0.1, 0.15) is 37.0 Å². The SMILES string of the molecule is CCCN(CC)CCOc1ccc(NC(=O)CC(=O)c2ccc(-c3ccccc3)cc2)cc1. The number of hydrogen-bond donors (Lipinski definition) is 1. The summed E-state index contributed by atoms with van der Waals surface area (Å²) < 4.78 is 5.80. The molecule has 0 atom stereocenters. The van der Waals surface area contributed by atoms with Gasteiger partial charge in [0.25, 0.3) is 0 Å². The normalized spacial score (nSPS) is 10.8. The lowest BCUT2D eigenvalue weighted by atomic mass is 10.0. The molecule has 0 unspecified atom stereocenters. The van der Waals surface area contributed by atoms with Crippen LogP contribution in [0.3, 0.4) is 0 Å². The first kappa shape index (κ1) is 24.2. The zero-order valence-corrected chi connectivity index (χ0v) is 19.4. The van der Waals surface area contributed by atoms with Crippen LogP contribution in [0.4, 0.5) is 5.69 Å². The zero-order valence-electron chi connectivity index (χ0n) is 19.4. The highest BCUT2D eigenvalue weighted by Crippen LogP contribution is 2.20. The molecule has 0 spiro atoms. The van der Waals surface area contributed by atoms with Gasteiger partial charge in [-0.15, -0.1) is 0 Å². The smallest absolute Gasteiger partial charge is 0.232 e. The molecule has 0 saturated carbocycles. The predicted molar refractivity (Wildman–Crippen MR) is 134 cm³/mol. The average molecular weight is 445 g/mol. The van der Waals surface area contributed by atoms with Crippen LogP contribution in [-0.4, -0.2) is 42.8 Å². The van der Waals surface area contributed by atoms with E-state index >= 15 is 0 Å². The van der Waals surface area contributed by atoms with Crippen molar-refractivity contribution in [3.8, 4) is 16.9 Å². The third-order valence-electron chi connectivity index (χ3n) is 5.44. The molecule has 0 heterocycles. The summed E-state index contributed by atoms with van der Waals surface area (Å²) in [6.07, 6.45) is 0.928. The van der Waals surface area contributed by atoms with E-state index in [0.29, 0.717) is 17.9 Å². The molecule has 3 aromatic rings. The van der Waals surface area contributed by atoms with Gasteiger partial charge in [0.2, 0.25) is 5.91 Å². The first-order valence-corrected chi connectivity index (χ1v) is 11.5. The summed E-state index contributed by atoms with van der Waals surface area (Å²) in [5, 5.41) is 2.78. The number of carbonyl (C=O) groups excluding carboxylic acids is 2. The Morgan fingerprint density at radius 2 is 1.48 bits per heavy atom. The highest BCUT2D eigenvalue weighted by molar-refractivity contribution is 6.11. The van der Waals surface area contributed by atoms with Crippen molar-refractivity contribution in [1.29, 1.82) is 0 Å². The first-order valence-electron chi connectivity index (χ1n) is 11.5. The van der Waals surface area contributed by atoms with Gasteiger partial charge in [-0.2, -0.15) is 0 Å². The van der Waals surface area contributed by atoms with Crippen LogP contribution < -0.4 is 10.1 Å². The number of nitrogens with zero attached hydrogens (tertiary/aromatic N) is 1. The van der Waals surface area contributed by atoms with Crippen molar-refractivity contribution in [2.45, 2.75) is 26.7 Å². The summed E-state index contributed by atoms with van der Waals surface area (Å²) in [4.78, 5) is 27.2. The molecule has 0 saturated heterocycles. The Balaban J connectivity index is 1.46. The molecule has 5 nitrogen and oxygen atoms in total. The second-order valence-electron chi connectivity index (χ2n) is 7.90. The van der Waals surface area contributed by atoms with Crippen molar-refractivity contribution in [2.75, 3.05) is 31.6 Å². The van der Waals surface area contributed by atoms with Crippen LogP contribution >= 0.6 is 0 Å². The third kappa shape index (κ3) is 7.58. The van der Waals surface area contributed by atoms with E-state index < -0.39 is 0 Å². The Kier molecular flexibility index (Phi) is 9.21. The quantitative estimate of drug-likeness (QED) is 0.289. The first-order chi connectivity index (χ1) is 16.1. The maximum atomic E-state index is 12.5. The molecular formula is C28H32N2O3. The molecule has 0 aliphatic carbocycles. The fourth-order valence-electron chi connectivity index (χ4n) is 3.60. The van der Waals surface area contributed by atoms with Crippen LogP contribution in [-0.2, 0) is 4.79 Å². The third-order valence-corrected chi connectivity index (χ3v) is 5.44. The van der Waals surface area contributed by atoms with Crippen molar-refractivity contribution >= 4 is 17.4 Å². The van der Waals surface area contributed by atoms with Crippen LogP contribution in [0.15, 0.2) is 78.9 Å². The summed E-state index contributed by atoms with van der Waals surface area (Å²) in [5.74, 6) is 0.216. The molecule has 1 amide bonds. The monoisotopic (exact) mass is 444 g/mol. The molecule has 172 valence electrons. The molecular weight excluding hydrogens is 412 g/mol. The molecule has 3 aromatic carbocycles. The molecule has 5 heteroatoms. The van der Waals surface area contributed by atoms with Crippen LogP contribution in [0.5, 0.6) is 5.75 Å². The van der Waals surface area contributed by atoms with Gasteiger partial charge in [0.1, 0.15) is 12.4 Å². The van der Waals surface area contributed by atoms with E-state index in [4.69, 9.17) is 4.74 Å². The van der Waals surface area contributed by atoms with Gasteiger partial charge in [0, 0.05) is 17.8 Å². The van der Waals surface area contributed by atoms with Crippen molar-refractivity contribution in [2.24, 2.45) is 0 Å². The van der Waals surface area contributed by atoms with Gasteiger partial charge in [-0.05, 0) is 54.9 Å². The van der Waals surface area contributed by atoms with Crippen molar-refractivity contribution < 1.29 is 14.3 Å². The summed E-state index contributed by atoms with van der Waals surface area (Å²) in [6, 6.07) is 24.5. The molecule has 0 bridgehead atoms. The van der Waals surface area contributed by atoms with E-state index in [1.807, 2.05) is 54.6 Å². The summed E-state index contributed by atoms with van der Waals surface area (Å²) in [7, 11) is 0. The topological polar surface area (TPSA) is 58.6 Å². The molecule has 0 aliphatic heterocycles. The van der Waals surface area contributed by atoms with E-state index in [1.54, 1.807) is 24.3 Å². The molecule has 0 radical (unpaired) electrons. The van der Waals surface area contributed by atoms with E-state index in [9.17, 15) is 9.59 Å². The standard InChI is InChI=1S/C28H32N2O3/c1-3-18-30(4-2)19-20-33-26-16-14-25(15-17-26)29-28(32)21-27(31)24-12-10-23(11-13-24)22-8-6-5-7-9-22/h5-17H,3-4,18-21H2,1-2H3,(H,29,32). The van der Waals surface area contributed by atoms with Crippen molar-refractivity contribution in [3.05, 3.63) is 84.4 Å². The second kappa shape index (κ2) is 12.6. The maximum absolute atomic E-state index is 12.5. The number of nitrogens with one attached hydrogen (secondary N) is 1. The van der Waals surface area contributed by atoms with Crippen molar-refractivity contribution in [3.63, 3.8) is 0 Å². The van der Waals surface area contributed by atoms with Gasteiger partial charge in [0.15, 0.2) is 5.78 Å². The molecule has 0 aliphatic rings. The molecule has 1 N–H and O–H groups in total. The Hall–Kier alpha value is -3.44. The van der Waals surface area contributed by atoms with Gasteiger partial charge < -0.3 is 15.0 Å². The summed E-state index contributed by atoms with van der Waals surface area (Å²) in [6.45, 7) is 7.91. The Bertz CT molecular complexity index is 1020. The van der Waals surface area contributed by atoms with Crippen LogP contribution in [0.2, 0.25) is 0 Å². The van der Waals surface area contributed by atoms with Gasteiger partial charge >= 0.3 is 0 Å². The lowest BCUT2D eigenvalue weighted by molar-refractivity contribution is -0.115. The number of rotatable bonds is 12. The average Bonchev–Trinajstić information content (AvgIpc) is 2.85. The van der Waals surface area contributed by atoms with Gasteiger partial charge in [-0.1, -0.05) is 68.4 Å². The van der Waals surface area contributed by atoms with Gasteiger partial charge in [-0.3, -0.25) is 9.59 Å². The van der Waals surface area contributed by atoms with E-state index in [0.717, 1.165) is 42.9 Å². The second-order valence-corrected chi connectivity index (χ2v) is 7.90. The number of anilines is 1. The minimum absolute atomic E-state index is 0.201. The maximum Gasteiger partial charge on any atom is 0.232 e. The predicted octanol–water partition coefficient (Wildman–Crippen LogP) is 5.68. The number of Topliss-reactive ketones (excluding diaryl/α,β-unsaturated/α-hetero) is 1. The Morgan fingerprint density at radius 1 is 0.818 bits per heavy atom. The molecule has 3 rings (SSSR count). The lowest BCUT2D eigenvalue weighted by Crippen LogP contribution is -2.28. The van der Waals surface area contributed by atoms with Gasteiger partial charge in [-0.25, -0.2) is 0 Å². The summed E-state index contributed by atoms with van der Waals surface area (Å²) >= 11 is 0. The van der Waals surface area contributed by atoms with Gasteiger partial charge in [0.05, 0.1) is 6.42 Å². The largest absolute Gasteiger partial charge is 0.492 e. The zero-order chi connectivity index (χ0) is 23.5.